The maximum atomic E-state index is 12.7. The van der Waals surface area contributed by atoms with Crippen molar-refractivity contribution in [3.63, 3.8) is 0 Å². The van der Waals surface area contributed by atoms with Crippen LogP contribution in [-0.4, -0.2) is 48.6 Å². The smallest absolute Gasteiger partial charge is 0.255 e. The molecule has 0 spiro atoms. The number of aliphatic hydroxyl groups excluding tert-OH is 1. The number of hydrogen-bond donors (Lipinski definition) is 1. The minimum Gasteiger partial charge on any atom is -0.396 e. The highest BCUT2D eigenvalue weighted by Crippen LogP contribution is 2.24. The van der Waals surface area contributed by atoms with Gasteiger partial charge >= 0.3 is 0 Å². The number of benzene rings is 1. The van der Waals surface area contributed by atoms with Gasteiger partial charge in [-0.25, -0.2) is 0 Å². The highest BCUT2D eigenvalue weighted by Gasteiger charge is 2.26. The number of aliphatic hydroxyl groups is 1. The molecule has 1 N–H and O–H groups in total. The van der Waals surface area contributed by atoms with Gasteiger partial charge in [-0.15, -0.1) is 0 Å². The minimum atomic E-state index is -0.109. The summed E-state index contributed by atoms with van der Waals surface area (Å²) in [5.41, 5.74) is 1.16. The molecule has 1 aromatic carbocycles. The summed E-state index contributed by atoms with van der Waals surface area (Å²) < 4.78 is 0. The average Bonchev–Trinajstić information content (AvgIpc) is 2.53. The Morgan fingerprint density at radius 1 is 1.38 bits per heavy atom. The van der Waals surface area contributed by atoms with Gasteiger partial charge in [-0.3, -0.25) is 9.59 Å². The lowest BCUT2D eigenvalue weighted by molar-refractivity contribution is -0.116. The molecule has 1 atom stereocenters. The molecule has 1 unspecified atom stereocenters. The van der Waals surface area contributed by atoms with Crippen LogP contribution < -0.4 is 4.90 Å². The second-order valence-corrected chi connectivity index (χ2v) is 5.54. The molecule has 1 saturated heterocycles. The first kappa shape index (κ1) is 15.5. The number of rotatable bonds is 3. The molecule has 5 heteroatoms. The second-order valence-electron chi connectivity index (χ2n) is 5.54. The number of anilines is 1. The van der Waals surface area contributed by atoms with E-state index in [2.05, 4.69) is 0 Å². The number of likely N-dealkylation sites (tertiary alicyclic amines) is 1. The van der Waals surface area contributed by atoms with Gasteiger partial charge in [0.05, 0.1) is 11.3 Å². The van der Waals surface area contributed by atoms with Gasteiger partial charge in [0.15, 0.2) is 0 Å². The summed E-state index contributed by atoms with van der Waals surface area (Å²) in [4.78, 5) is 27.5. The van der Waals surface area contributed by atoms with Gasteiger partial charge in [0.25, 0.3) is 5.91 Å². The van der Waals surface area contributed by atoms with Crippen LogP contribution in [0.4, 0.5) is 5.69 Å². The van der Waals surface area contributed by atoms with Crippen molar-refractivity contribution in [2.45, 2.75) is 19.8 Å². The molecule has 5 nitrogen and oxygen atoms in total. The summed E-state index contributed by atoms with van der Waals surface area (Å²) in [6.45, 7) is 2.86. The monoisotopic (exact) mass is 290 g/mol. The lowest BCUT2D eigenvalue weighted by Crippen LogP contribution is -2.41. The standard InChI is InChI=1S/C16H22N2O3/c1-12(20)17(2)15-8-4-3-7-14(15)16(21)18-9-5-6-13(10-18)11-19/h3-4,7-8,13,19H,5-6,9-11H2,1-2H3. The molecule has 1 aliphatic rings. The third-order valence-electron chi connectivity index (χ3n) is 4.03. The summed E-state index contributed by atoms with van der Waals surface area (Å²) in [5, 5.41) is 9.29. The molecule has 1 heterocycles. The summed E-state index contributed by atoms with van der Waals surface area (Å²) in [7, 11) is 1.67. The van der Waals surface area contributed by atoms with Crippen LogP contribution in [0.3, 0.4) is 0 Å². The third-order valence-corrected chi connectivity index (χ3v) is 4.03. The Bertz CT molecular complexity index is 530. The van der Waals surface area contributed by atoms with Gasteiger partial charge in [0.1, 0.15) is 0 Å². The average molecular weight is 290 g/mol. The lowest BCUT2D eigenvalue weighted by atomic mass is 9.98. The number of carbonyl (C=O) groups excluding carboxylic acids is 2. The first-order valence-electron chi connectivity index (χ1n) is 7.28. The third kappa shape index (κ3) is 3.42. The van der Waals surface area contributed by atoms with Crippen LogP contribution in [0.2, 0.25) is 0 Å². The molecule has 1 fully saturated rings. The quantitative estimate of drug-likeness (QED) is 0.918. The predicted octanol–water partition coefficient (Wildman–Crippen LogP) is 1.51. The van der Waals surface area contributed by atoms with E-state index in [1.54, 1.807) is 30.1 Å². The Morgan fingerprint density at radius 2 is 2.10 bits per heavy atom. The number of carbonyl (C=O) groups is 2. The Labute approximate surface area is 125 Å². The van der Waals surface area contributed by atoms with Crippen molar-refractivity contribution >= 4 is 17.5 Å². The van der Waals surface area contributed by atoms with Crippen molar-refractivity contribution in [2.75, 3.05) is 31.6 Å². The van der Waals surface area contributed by atoms with Gasteiger partial charge < -0.3 is 14.9 Å². The molecule has 0 aliphatic carbocycles. The van der Waals surface area contributed by atoms with E-state index in [9.17, 15) is 14.7 Å². The molecule has 0 aromatic heterocycles. The van der Waals surface area contributed by atoms with Crippen LogP contribution in [0, 0.1) is 5.92 Å². The lowest BCUT2D eigenvalue weighted by Gasteiger charge is -2.32. The van der Waals surface area contributed by atoms with E-state index in [0.717, 1.165) is 12.8 Å². The summed E-state index contributed by atoms with van der Waals surface area (Å²) in [5.74, 6) is -0.0284. The minimum absolute atomic E-state index is 0.0724. The normalized spacial score (nSPS) is 18.4. The van der Waals surface area contributed by atoms with Crippen LogP contribution in [0.5, 0.6) is 0 Å². The molecule has 21 heavy (non-hydrogen) atoms. The van der Waals surface area contributed by atoms with E-state index in [-0.39, 0.29) is 24.3 Å². The highest BCUT2D eigenvalue weighted by molar-refractivity contribution is 6.04. The van der Waals surface area contributed by atoms with Gasteiger partial charge in [-0.2, -0.15) is 0 Å². The van der Waals surface area contributed by atoms with Crippen LogP contribution >= 0.6 is 0 Å². The molecule has 114 valence electrons. The SMILES string of the molecule is CC(=O)N(C)c1ccccc1C(=O)N1CCCC(CO)C1. The zero-order chi connectivity index (χ0) is 15.4. The van der Waals surface area contributed by atoms with E-state index in [4.69, 9.17) is 0 Å². The Hall–Kier alpha value is -1.88. The van der Waals surface area contributed by atoms with Crippen molar-refractivity contribution in [2.24, 2.45) is 5.92 Å². The number of amides is 2. The Morgan fingerprint density at radius 3 is 2.76 bits per heavy atom. The zero-order valence-electron chi connectivity index (χ0n) is 12.6. The van der Waals surface area contributed by atoms with E-state index in [1.165, 1.54) is 11.8 Å². The molecule has 0 radical (unpaired) electrons. The van der Waals surface area contributed by atoms with Gasteiger partial charge in [-0.1, -0.05) is 12.1 Å². The number of piperidine rings is 1. The van der Waals surface area contributed by atoms with Crippen LogP contribution in [0.25, 0.3) is 0 Å². The summed E-state index contributed by atoms with van der Waals surface area (Å²) >= 11 is 0. The van der Waals surface area contributed by atoms with Crippen LogP contribution in [0.15, 0.2) is 24.3 Å². The van der Waals surface area contributed by atoms with Gasteiger partial charge in [0, 0.05) is 33.7 Å². The number of para-hydroxylation sites is 1. The fourth-order valence-corrected chi connectivity index (χ4v) is 2.69. The molecule has 2 rings (SSSR count). The van der Waals surface area contributed by atoms with Crippen molar-refractivity contribution in [3.05, 3.63) is 29.8 Å². The molecule has 1 aromatic rings. The van der Waals surface area contributed by atoms with E-state index >= 15 is 0 Å². The molecule has 2 amide bonds. The zero-order valence-corrected chi connectivity index (χ0v) is 12.6. The van der Waals surface area contributed by atoms with E-state index in [1.807, 2.05) is 6.07 Å². The van der Waals surface area contributed by atoms with Gasteiger partial charge in [-0.05, 0) is 30.9 Å². The first-order chi connectivity index (χ1) is 10.0. The van der Waals surface area contributed by atoms with Crippen LogP contribution in [-0.2, 0) is 4.79 Å². The van der Waals surface area contributed by atoms with Crippen LogP contribution in [0.1, 0.15) is 30.1 Å². The fourth-order valence-electron chi connectivity index (χ4n) is 2.69. The van der Waals surface area contributed by atoms with Crippen molar-refractivity contribution in [1.82, 2.24) is 4.90 Å². The van der Waals surface area contributed by atoms with Crippen molar-refractivity contribution < 1.29 is 14.7 Å². The summed E-state index contributed by atoms with van der Waals surface area (Å²) in [6, 6.07) is 7.15. The maximum Gasteiger partial charge on any atom is 0.255 e. The first-order valence-corrected chi connectivity index (χ1v) is 7.28. The van der Waals surface area contributed by atoms with E-state index in [0.29, 0.717) is 24.3 Å². The molecule has 0 saturated carbocycles. The maximum absolute atomic E-state index is 12.7. The summed E-state index contributed by atoms with van der Waals surface area (Å²) in [6.07, 6.45) is 1.86. The number of nitrogens with zero attached hydrogens (tertiary/aromatic N) is 2. The predicted molar refractivity (Wildman–Crippen MR) is 81.2 cm³/mol. The molecule has 1 aliphatic heterocycles. The fraction of sp³-hybridized carbons (Fsp3) is 0.500. The van der Waals surface area contributed by atoms with Gasteiger partial charge in [0.2, 0.25) is 5.91 Å². The molecular formula is C16H22N2O3. The molecule has 0 bridgehead atoms. The molecular weight excluding hydrogens is 268 g/mol. The number of hydrogen-bond acceptors (Lipinski definition) is 3. The van der Waals surface area contributed by atoms with E-state index < -0.39 is 0 Å². The van der Waals surface area contributed by atoms with Crippen molar-refractivity contribution in [1.29, 1.82) is 0 Å². The highest BCUT2D eigenvalue weighted by atomic mass is 16.3. The Balaban J connectivity index is 2.25. The second kappa shape index (κ2) is 6.72. The largest absolute Gasteiger partial charge is 0.396 e. The Kier molecular flexibility index (Phi) is 4.96. The topological polar surface area (TPSA) is 60.9 Å². The van der Waals surface area contributed by atoms with Crippen molar-refractivity contribution in [3.8, 4) is 0 Å².